The molecule has 0 bridgehead atoms. The number of carboxylic acids is 1. The van der Waals surface area contributed by atoms with E-state index in [0.717, 1.165) is 36.0 Å². The minimum Gasteiger partial charge on any atom is -0.478 e. The molecule has 5 nitrogen and oxygen atoms in total. The van der Waals surface area contributed by atoms with Crippen LogP contribution in [0.2, 0.25) is 5.02 Å². The van der Waals surface area contributed by atoms with Crippen molar-refractivity contribution in [2.24, 2.45) is 5.92 Å². The second-order valence-electron chi connectivity index (χ2n) is 8.10. The van der Waals surface area contributed by atoms with Gasteiger partial charge in [-0.25, -0.2) is 9.59 Å². The predicted molar refractivity (Wildman–Crippen MR) is 122 cm³/mol. The molecule has 0 aromatic heterocycles. The van der Waals surface area contributed by atoms with E-state index < -0.39 is 12.1 Å². The molecule has 0 aliphatic carbocycles. The molecule has 0 radical (unpaired) electrons. The fraction of sp³-hybridized carbons (Fsp3) is 0.440. The molecule has 2 rings (SSSR count). The third-order valence-electron chi connectivity index (χ3n) is 5.24. The maximum Gasteiger partial charge on any atom is 0.513 e. The summed E-state index contributed by atoms with van der Waals surface area (Å²) < 4.78 is 10.6. The van der Waals surface area contributed by atoms with Gasteiger partial charge in [0.1, 0.15) is 5.75 Å². The van der Waals surface area contributed by atoms with E-state index in [9.17, 15) is 14.7 Å². The number of carboxylic acid groups (broad SMARTS) is 1. The number of rotatable bonds is 10. The first-order valence-corrected chi connectivity index (χ1v) is 11.1. The number of hydrogen-bond acceptors (Lipinski definition) is 4. The van der Waals surface area contributed by atoms with Gasteiger partial charge in [0.2, 0.25) is 0 Å². The van der Waals surface area contributed by atoms with Gasteiger partial charge in [-0.3, -0.25) is 0 Å². The number of benzene rings is 2. The quantitative estimate of drug-likeness (QED) is 0.313. The molecule has 1 atom stereocenters. The van der Waals surface area contributed by atoms with Crippen molar-refractivity contribution in [1.29, 1.82) is 0 Å². The van der Waals surface area contributed by atoms with E-state index in [0.29, 0.717) is 17.2 Å². The highest BCUT2D eigenvalue weighted by molar-refractivity contribution is 6.32. The molecule has 0 heterocycles. The van der Waals surface area contributed by atoms with E-state index in [1.165, 1.54) is 0 Å². The Balaban J connectivity index is 2.23. The largest absolute Gasteiger partial charge is 0.513 e. The summed E-state index contributed by atoms with van der Waals surface area (Å²) >= 11 is 6.64. The zero-order valence-corrected chi connectivity index (χ0v) is 19.4. The Morgan fingerprint density at radius 1 is 1.16 bits per heavy atom. The molecular formula is C25H31ClO5. The van der Waals surface area contributed by atoms with Crippen LogP contribution in [0.1, 0.15) is 73.0 Å². The number of unbranched alkanes of at least 4 members (excludes halogenated alkanes) is 1. The molecule has 0 aliphatic rings. The molecular weight excluding hydrogens is 416 g/mol. The normalized spacial score (nSPS) is 11.9. The highest BCUT2D eigenvalue weighted by Crippen LogP contribution is 2.35. The summed E-state index contributed by atoms with van der Waals surface area (Å²) in [4.78, 5) is 24.0. The lowest BCUT2D eigenvalue weighted by Gasteiger charge is -2.23. The van der Waals surface area contributed by atoms with Gasteiger partial charge in [-0.2, -0.15) is 0 Å². The van der Waals surface area contributed by atoms with Crippen LogP contribution in [0.25, 0.3) is 0 Å². The second kappa shape index (κ2) is 11.8. The zero-order chi connectivity index (χ0) is 23.0. The topological polar surface area (TPSA) is 72.8 Å². The van der Waals surface area contributed by atoms with Gasteiger partial charge in [-0.15, -0.1) is 0 Å². The zero-order valence-electron chi connectivity index (χ0n) is 18.6. The number of carbonyl (C=O) groups excluding carboxylic acids is 1. The minimum atomic E-state index is -0.961. The summed E-state index contributed by atoms with van der Waals surface area (Å²) in [5, 5.41) is 10.3. The average Bonchev–Trinajstić information content (AvgIpc) is 2.73. The molecule has 0 fully saturated rings. The Morgan fingerprint density at radius 3 is 2.42 bits per heavy atom. The number of aromatic carboxylic acids is 1. The lowest BCUT2D eigenvalue weighted by molar-refractivity contribution is 0.0694. The van der Waals surface area contributed by atoms with Gasteiger partial charge in [-0.1, -0.05) is 63.4 Å². The van der Waals surface area contributed by atoms with Crippen molar-refractivity contribution < 1.29 is 24.2 Å². The molecule has 6 heteroatoms. The first-order chi connectivity index (χ1) is 14.7. The molecule has 1 unspecified atom stereocenters. The summed E-state index contributed by atoms with van der Waals surface area (Å²) in [7, 11) is 0. The van der Waals surface area contributed by atoms with Crippen molar-refractivity contribution in [2.75, 3.05) is 6.61 Å². The number of ether oxygens (including phenoxy) is 2. The van der Waals surface area contributed by atoms with Crippen molar-refractivity contribution in [3.63, 3.8) is 0 Å². The van der Waals surface area contributed by atoms with Gasteiger partial charge in [0, 0.05) is 5.02 Å². The number of halogens is 1. The lowest BCUT2D eigenvalue weighted by Crippen LogP contribution is -2.20. The standard InChI is InChI=1S/C25H31ClO5/c1-5-6-10-18(15-30-25(29)31-19-11-8-7-9-12-19)14-20-22(16(2)3)21(24(27)28)13-17(4)23(20)26/h7-9,11-13,16,18H,5-6,10,14-15H2,1-4H3,(H,27,28). The van der Waals surface area contributed by atoms with Crippen molar-refractivity contribution >= 4 is 23.7 Å². The molecule has 0 spiro atoms. The molecule has 0 aliphatic heterocycles. The lowest BCUT2D eigenvalue weighted by atomic mass is 9.84. The number of para-hydroxylation sites is 1. The predicted octanol–water partition coefficient (Wildman–Crippen LogP) is 7.03. The van der Waals surface area contributed by atoms with Crippen LogP contribution >= 0.6 is 11.6 Å². The van der Waals surface area contributed by atoms with Gasteiger partial charge in [0.15, 0.2) is 0 Å². The third kappa shape index (κ3) is 7.00. The summed E-state index contributed by atoms with van der Waals surface area (Å²) in [5.41, 5.74) is 2.59. The van der Waals surface area contributed by atoms with Crippen LogP contribution in [0.15, 0.2) is 36.4 Å². The van der Waals surface area contributed by atoms with Crippen LogP contribution in [-0.4, -0.2) is 23.8 Å². The van der Waals surface area contributed by atoms with E-state index in [-0.39, 0.29) is 24.0 Å². The van der Waals surface area contributed by atoms with Gasteiger partial charge in [0.05, 0.1) is 12.2 Å². The molecule has 0 amide bonds. The van der Waals surface area contributed by atoms with Crippen molar-refractivity contribution in [3.05, 3.63) is 63.7 Å². The van der Waals surface area contributed by atoms with E-state index in [1.54, 1.807) is 30.3 Å². The molecule has 0 saturated carbocycles. The molecule has 2 aromatic carbocycles. The van der Waals surface area contributed by atoms with E-state index in [4.69, 9.17) is 21.1 Å². The number of carbonyl (C=O) groups is 2. The van der Waals surface area contributed by atoms with Gasteiger partial charge < -0.3 is 14.6 Å². The van der Waals surface area contributed by atoms with Gasteiger partial charge >= 0.3 is 12.1 Å². The monoisotopic (exact) mass is 446 g/mol. The molecule has 2 aromatic rings. The Hall–Kier alpha value is -2.53. The first kappa shape index (κ1) is 24.7. The van der Waals surface area contributed by atoms with Crippen LogP contribution in [0.4, 0.5) is 4.79 Å². The first-order valence-electron chi connectivity index (χ1n) is 10.7. The molecule has 168 valence electrons. The SMILES string of the molecule is CCCCC(COC(=O)Oc1ccccc1)Cc1c(Cl)c(C)cc(C(=O)O)c1C(C)C. The van der Waals surface area contributed by atoms with Crippen LogP contribution in [0, 0.1) is 12.8 Å². The number of aryl methyl sites for hydroxylation is 1. The minimum absolute atomic E-state index is 0.00159. The maximum atomic E-state index is 12.1. The van der Waals surface area contributed by atoms with E-state index >= 15 is 0 Å². The fourth-order valence-corrected chi connectivity index (χ4v) is 3.97. The Labute approximate surface area is 189 Å². The van der Waals surface area contributed by atoms with Crippen LogP contribution < -0.4 is 4.74 Å². The molecule has 0 saturated heterocycles. The molecule has 1 N–H and O–H groups in total. The van der Waals surface area contributed by atoms with Crippen LogP contribution in [-0.2, 0) is 11.2 Å². The maximum absolute atomic E-state index is 12.1. The summed E-state index contributed by atoms with van der Waals surface area (Å²) in [6.45, 7) is 8.02. The van der Waals surface area contributed by atoms with Crippen molar-refractivity contribution in [1.82, 2.24) is 0 Å². The Morgan fingerprint density at radius 2 is 1.84 bits per heavy atom. The summed E-state index contributed by atoms with van der Waals surface area (Å²) in [5.74, 6) is -0.540. The smallest absolute Gasteiger partial charge is 0.478 e. The highest BCUT2D eigenvalue weighted by atomic mass is 35.5. The van der Waals surface area contributed by atoms with E-state index in [2.05, 4.69) is 6.92 Å². The van der Waals surface area contributed by atoms with Crippen molar-refractivity contribution in [3.8, 4) is 5.75 Å². The Kier molecular flexibility index (Phi) is 9.38. The van der Waals surface area contributed by atoms with Crippen LogP contribution in [0.5, 0.6) is 5.75 Å². The fourth-order valence-electron chi connectivity index (χ4n) is 3.74. The van der Waals surface area contributed by atoms with Crippen molar-refractivity contribution in [2.45, 2.75) is 59.3 Å². The molecule has 31 heavy (non-hydrogen) atoms. The van der Waals surface area contributed by atoms with Gasteiger partial charge in [-0.05, 0) is 66.5 Å². The van der Waals surface area contributed by atoms with Gasteiger partial charge in [0.25, 0.3) is 0 Å². The summed E-state index contributed by atoms with van der Waals surface area (Å²) in [6.07, 6.45) is 2.59. The third-order valence-corrected chi connectivity index (χ3v) is 5.76. The summed E-state index contributed by atoms with van der Waals surface area (Å²) in [6, 6.07) is 10.4. The highest BCUT2D eigenvalue weighted by Gasteiger charge is 2.24. The second-order valence-corrected chi connectivity index (χ2v) is 8.47. The average molecular weight is 447 g/mol. The van der Waals surface area contributed by atoms with Crippen LogP contribution in [0.3, 0.4) is 0 Å². The Bertz CT molecular complexity index is 893. The number of hydrogen-bond donors (Lipinski definition) is 1. The van der Waals surface area contributed by atoms with E-state index in [1.807, 2.05) is 26.8 Å².